The predicted molar refractivity (Wildman–Crippen MR) is 98.0 cm³/mol. The molecule has 1 N–H and O–H groups in total. The van der Waals surface area contributed by atoms with Crippen molar-refractivity contribution in [1.29, 1.82) is 0 Å². The number of hydrogen-bond donors (Lipinski definition) is 1. The first-order chi connectivity index (χ1) is 12.9. The van der Waals surface area contributed by atoms with E-state index in [9.17, 15) is 18.8 Å². The molecule has 0 unspecified atom stereocenters. The first kappa shape index (κ1) is 18.6. The van der Waals surface area contributed by atoms with Gasteiger partial charge < -0.3 is 15.0 Å². The van der Waals surface area contributed by atoms with E-state index in [0.717, 1.165) is 5.56 Å². The van der Waals surface area contributed by atoms with Gasteiger partial charge in [0.2, 0.25) is 11.8 Å². The summed E-state index contributed by atoms with van der Waals surface area (Å²) in [6, 6.07) is 10.8. The topological polar surface area (TPSA) is 75.7 Å². The summed E-state index contributed by atoms with van der Waals surface area (Å²) in [5.41, 5.74) is 1.72. The normalized spacial score (nSPS) is 16.3. The average Bonchev–Trinajstić information content (AvgIpc) is 3.05. The number of halogens is 1. The molecule has 0 aromatic heterocycles. The molecule has 1 fully saturated rings. The minimum Gasteiger partial charge on any atom is -0.465 e. The van der Waals surface area contributed by atoms with Crippen LogP contribution < -0.4 is 10.2 Å². The first-order valence-corrected chi connectivity index (χ1v) is 8.45. The molecule has 1 saturated heterocycles. The molecule has 0 bridgehead atoms. The fraction of sp³-hybridized carbons (Fsp3) is 0.250. The van der Waals surface area contributed by atoms with E-state index in [-0.39, 0.29) is 30.5 Å². The number of aryl methyl sites for hydroxylation is 1. The highest BCUT2D eigenvalue weighted by molar-refractivity contribution is 6.04. The Morgan fingerprint density at radius 3 is 2.67 bits per heavy atom. The van der Waals surface area contributed by atoms with Crippen molar-refractivity contribution in [3.05, 3.63) is 59.4 Å². The van der Waals surface area contributed by atoms with Gasteiger partial charge in [0, 0.05) is 18.7 Å². The van der Waals surface area contributed by atoms with E-state index >= 15 is 0 Å². The number of amides is 2. The number of anilines is 2. The van der Waals surface area contributed by atoms with Crippen LogP contribution in [0.1, 0.15) is 22.3 Å². The molecular weight excluding hydrogens is 351 g/mol. The molecule has 7 heteroatoms. The fourth-order valence-corrected chi connectivity index (χ4v) is 3.02. The Hall–Kier alpha value is -3.22. The van der Waals surface area contributed by atoms with Gasteiger partial charge in [0.1, 0.15) is 5.82 Å². The number of esters is 1. The number of rotatable bonds is 4. The van der Waals surface area contributed by atoms with Crippen molar-refractivity contribution in [2.24, 2.45) is 5.92 Å². The molecule has 0 radical (unpaired) electrons. The van der Waals surface area contributed by atoms with Crippen LogP contribution in [0, 0.1) is 18.7 Å². The van der Waals surface area contributed by atoms with Crippen LogP contribution in [0.2, 0.25) is 0 Å². The molecule has 2 aromatic rings. The van der Waals surface area contributed by atoms with Crippen molar-refractivity contribution in [3.63, 3.8) is 0 Å². The van der Waals surface area contributed by atoms with E-state index in [1.165, 1.54) is 30.2 Å². The Bertz CT molecular complexity index is 913. The molecule has 2 aromatic carbocycles. The number of nitrogens with one attached hydrogen (secondary N) is 1. The number of carbonyl (C=O) groups excluding carboxylic acids is 3. The van der Waals surface area contributed by atoms with Crippen molar-refractivity contribution < 1.29 is 23.5 Å². The molecule has 2 amide bonds. The van der Waals surface area contributed by atoms with Crippen molar-refractivity contribution in [2.45, 2.75) is 13.3 Å². The van der Waals surface area contributed by atoms with Gasteiger partial charge in [-0.2, -0.15) is 0 Å². The lowest BCUT2D eigenvalue weighted by Gasteiger charge is -2.17. The maximum atomic E-state index is 14.0. The lowest BCUT2D eigenvalue weighted by molar-refractivity contribution is -0.122. The van der Waals surface area contributed by atoms with Crippen LogP contribution in [0.25, 0.3) is 0 Å². The highest BCUT2D eigenvalue weighted by Gasteiger charge is 2.36. The number of hydrogen-bond acceptors (Lipinski definition) is 4. The van der Waals surface area contributed by atoms with Gasteiger partial charge in [-0.05, 0) is 36.8 Å². The van der Waals surface area contributed by atoms with Crippen LogP contribution in [-0.2, 0) is 14.3 Å². The quantitative estimate of drug-likeness (QED) is 0.840. The number of ether oxygens (including phenoxy) is 1. The molecule has 1 aliphatic heterocycles. The fourth-order valence-electron chi connectivity index (χ4n) is 3.02. The summed E-state index contributed by atoms with van der Waals surface area (Å²) < 4.78 is 18.6. The maximum Gasteiger partial charge on any atom is 0.337 e. The summed E-state index contributed by atoms with van der Waals surface area (Å²) in [5, 5.41) is 2.76. The molecule has 140 valence electrons. The summed E-state index contributed by atoms with van der Waals surface area (Å²) in [6.45, 7) is 1.89. The van der Waals surface area contributed by atoms with Crippen molar-refractivity contribution >= 4 is 29.2 Å². The predicted octanol–water partition coefficient (Wildman–Crippen LogP) is 2.91. The second kappa shape index (κ2) is 7.57. The summed E-state index contributed by atoms with van der Waals surface area (Å²) in [7, 11) is 1.28. The van der Waals surface area contributed by atoms with Gasteiger partial charge in [0.25, 0.3) is 0 Å². The first-order valence-electron chi connectivity index (χ1n) is 8.45. The van der Waals surface area contributed by atoms with E-state index in [2.05, 4.69) is 10.1 Å². The van der Waals surface area contributed by atoms with Gasteiger partial charge in [0.15, 0.2) is 0 Å². The molecule has 0 saturated carbocycles. The molecule has 27 heavy (non-hydrogen) atoms. The van der Waals surface area contributed by atoms with E-state index in [0.29, 0.717) is 11.3 Å². The van der Waals surface area contributed by atoms with E-state index in [1.54, 1.807) is 31.2 Å². The molecule has 0 aliphatic carbocycles. The molecule has 1 aliphatic rings. The van der Waals surface area contributed by atoms with Crippen LogP contribution in [0.5, 0.6) is 0 Å². The van der Waals surface area contributed by atoms with Crippen LogP contribution in [-0.4, -0.2) is 31.4 Å². The summed E-state index contributed by atoms with van der Waals surface area (Å²) >= 11 is 0. The Labute approximate surface area is 155 Å². The number of carbonyl (C=O) groups is 3. The summed E-state index contributed by atoms with van der Waals surface area (Å²) in [4.78, 5) is 37.8. The molecule has 1 heterocycles. The summed E-state index contributed by atoms with van der Waals surface area (Å²) in [5.74, 6) is -2.29. The van der Waals surface area contributed by atoms with Crippen LogP contribution in [0.4, 0.5) is 15.8 Å². The minimum absolute atomic E-state index is 0.00406. The highest BCUT2D eigenvalue weighted by Crippen LogP contribution is 2.28. The third-order valence-corrected chi connectivity index (χ3v) is 4.56. The molecule has 3 rings (SSSR count). The number of para-hydroxylation sites is 1. The monoisotopic (exact) mass is 370 g/mol. The Kier molecular flexibility index (Phi) is 5.21. The van der Waals surface area contributed by atoms with Gasteiger partial charge in [-0.25, -0.2) is 9.18 Å². The average molecular weight is 370 g/mol. The maximum absolute atomic E-state index is 14.0. The van der Waals surface area contributed by atoms with Gasteiger partial charge in [0.05, 0.1) is 24.3 Å². The lowest BCUT2D eigenvalue weighted by Crippen LogP contribution is -2.28. The Morgan fingerprint density at radius 1 is 1.22 bits per heavy atom. The van der Waals surface area contributed by atoms with E-state index < -0.39 is 17.7 Å². The van der Waals surface area contributed by atoms with Gasteiger partial charge in [-0.15, -0.1) is 0 Å². The third-order valence-electron chi connectivity index (χ3n) is 4.56. The lowest BCUT2D eigenvalue weighted by atomic mass is 10.1. The molecular formula is C20H19FN2O4. The zero-order valence-corrected chi connectivity index (χ0v) is 15.0. The summed E-state index contributed by atoms with van der Waals surface area (Å²) in [6.07, 6.45) is -0.00406. The smallest absolute Gasteiger partial charge is 0.337 e. The van der Waals surface area contributed by atoms with Crippen LogP contribution in [0.15, 0.2) is 42.5 Å². The van der Waals surface area contributed by atoms with Crippen molar-refractivity contribution in [1.82, 2.24) is 0 Å². The van der Waals surface area contributed by atoms with Crippen molar-refractivity contribution in [3.8, 4) is 0 Å². The second-order valence-corrected chi connectivity index (χ2v) is 6.37. The largest absolute Gasteiger partial charge is 0.465 e. The zero-order chi connectivity index (χ0) is 19.6. The Morgan fingerprint density at radius 2 is 1.96 bits per heavy atom. The van der Waals surface area contributed by atoms with Crippen molar-refractivity contribution in [2.75, 3.05) is 23.9 Å². The number of nitrogens with zero attached hydrogens (tertiary/aromatic N) is 1. The minimum atomic E-state index is -0.613. The molecule has 6 nitrogen and oxygen atoms in total. The number of benzene rings is 2. The van der Waals surface area contributed by atoms with Crippen LogP contribution >= 0.6 is 0 Å². The van der Waals surface area contributed by atoms with E-state index in [1.807, 2.05) is 0 Å². The number of methoxy groups -OCH3 is 1. The third kappa shape index (κ3) is 3.81. The van der Waals surface area contributed by atoms with Gasteiger partial charge >= 0.3 is 5.97 Å². The Balaban J connectivity index is 1.75. The van der Waals surface area contributed by atoms with Gasteiger partial charge in [-0.3, -0.25) is 9.59 Å². The standard InChI is InChI=1S/C20H19FN2O4/c1-12-7-8-13(20(26)27-2)9-16(12)22-19(25)14-10-18(24)23(11-14)17-6-4-3-5-15(17)21/h3-9,14H,10-11H2,1-2H3,(H,22,25)/t14-/m1/s1. The van der Waals surface area contributed by atoms with Crippen LogP contribution in [0.3, 0.4) is 0 Å². The van der Waals surface area contributed by atoms with Gasteiger partial charge in [-0.1, -0.05) is 18.2 Å². The molecule has 0 spiro atoms. The molecule has 1 atom stereocenters. The van der Waals surface area contributed by atoms with E-state index in [4.69, 9.17) is 0 Å². The zero-order valence-electron chi connectivity index (χ0n) is 15.0. The second-order valence-electron chi connectivity index (χ2n) is 6.37. The highest BCUT2D eigenvalue weighted by atomic mass is 19.1. The SMILES string of the molecule is COC(=O)c1ccc(C)c(NC(=O)[C@@H]2CC(=O)N(c3ccccc3F)C2)c1.